The number of carbonyl (C=O) groups excluding carboxylic acids is 1. The van der Waals surface area contributed by atoms with Crippen molar-refractivity contribution in [3.63, 3.8) is 0 Å². The molecule has 17 heavy (non-hydrogen) atoms. The predicted molar refractivity (Wildman–Crippen MR) is 69.1 cm³/mol. The van der Waals surface area contributed by atoms with Crippen LogP contribution >= 0.6 is 11.6 Å². The lowest BCUT2D eigenvalue weighted by Crippen LogP contribution is -2.29. The van der Waals surface area contributed by atoms with Gasteiger partial charge in [0.15, 0.2) is 6.29 Å². The predicted octanol–water partition coefficient (Wildman–Crippen LogP) is 2.77. The zero-order valence-electron chi connectivity index (χ0n) is 9.86. The Hall–Kier alpha value is -1.06. The highest BCUT2D eigenvalue weighted by molar-refractivity contribution is 6.31. The van der Waals surface area contributed by atoms with Gasteiger partial charge in [0.1, 0.15) is 0 Å². The van der Waals surface area contributed by atoms with Crippen molar-refractivity contribution in [1.82, 2.24) is 0 Å². The van der Waals surface area contributed by atoms with E-state index in [9.17, 15) is 4.79 Å². The summed E-state index contributed by atoms with van der Waals surface area (Å²) in [6.07, 6.45) is 3.33. The Morgan fingerprint density at radius 1 is 1.59 bits per heavy atom. The van der Waals surface area contributed by atoms with E-state index in [1.165, 1.54) is 0 Å². The second-order valence-corrected chi connectivity index (χ2v) is 4.77. The van der Waals surface area contributed by atoms with Gasteiger partial charge in [-0.15, -0.1) is 0 Å². The van der Waals surface area contributed by atoms with E-state index in [-0.39, 0.29) is 6.10 Å². The molecule has 1 aliphatic heterocycles. The molecule has 0 N–H and O–H groups in total. The summed E-state index contributed by atoms with van der Waals surface area (Å²) in [5.41, 5.74) is 1.53. The second kappa shape index (κ2) is 5.52. The van der Waals surface area contributed by atoms with E-state index in [1.54, 1.807) is 12.1 Å². The minimum atomic E-state index is 0.273. The summed E-state index contributed by atoms with van der Waals surface area (Å²) < 4.78 is 5.59. The first kappa shape index (κ1) is 12.4. The number of nitrogens with zero attached hydrogens (tertiary/aromatic N) is 1. The molecule has 1 aliphatic rings. The Morgan fingerprint density at radius 3 is 3.06 bits per heavy atom. The highest BCUT2D eigenvalue weighted by Crippen LogP contribution is 2.23. The van der Waals surface area contributed by atoms with Crippen molar-refractivity contribution in [3.05, 3.63) is 28.8 Å². The topological polar surface area (TPSA) is 29.5 Å². The Balaban J connectivity index is 2.11. The molecule has 1 aromatic rings. The van der Waals surface area contributed by atoms with Crippen LogP contribution in [0.15, 0.2) is 18.2 Å². The molecule has 0 bridgehead atoms. The number of benzene rings is 1. The average molecular weight is 254 g/mol. The molecule has 0 spiro atoms. The summed E-state index contributed by atoms with van der Waals surface area (Å²) in [5, 5.41) is 0.585. The lowest BCUT2D eigenvalue weighted by atomic mass is 10.1. The van der Waals surface area contributed by atoms with Crippen LogP contribution in [0.25, 0.3) is 0 Å². The van der Waals surface area contributed by atoms with Gasteiger partial charge in [-0.05, 0) is 31.0 Å². The van der Waals surface area contributed by atoms with Crippen LogP contribution in [-0.2, 0) is 4.74 Å². The second-order valence-electron chi connectivity index (χ2n) is 4.34. The van der Waals surface area contributed by atoms with Gasteiger partial charge in [-0.1, -0.05) is 11.6 Å². The smallest absolute Gasteiger partial charge is 0.152 e. The van der Waals surface area contributed by atoms with Crippen LogP contribution in [0.2, 0.25) is 5.02 Å². The number of anilines is 1. The third-order valence-electron chi connectivity index (χ3n) is 3.03. The molecule has 1 heterocycles. The van der Waals surface area contributed by atoms with Gasteiger partial charge in [-0.2, -0.15) is 0 Å². The van der Waals surface area contributed by atoms with Crippen molar-refractivity contribution in [2.24, 2.45) is 0 Å². The van der Waals surface area contributed by atoms with Crippen LogP contribution in [0.1, 0.15) is 23.2 Å². The number of aldehydes is 1. The van der Waals surface area contributed by atoms with Gasteiger partial charge in [0.2, 0.25) is 0 Å². The Bertz CT molecular complexity index is 402. The van der Waals surface area contributed by atoms with Crippen molar-refractivity contribution in [2.45, 2.75) is 18.9 Å². The Kier molecular flexibility index (Phi) is 4.02. The van der Waals surface area contributed by atoms with E-state index in [2.05, 4.69) is 4.90 Å². The maximum Gasteiger partial charge on any atom is 0.152 e. The van der Waals surface area contributed by atoms with E-state index in [4.69, 9.17) is 16.3 Å². The Labute approximate surface area is 106 Å². The zero-order valence-corrected chi connectivity index (χ0v) is 10.6. The summed E-state index contributed by atoms with van der Waals surface area (Å²) in [7, 11) is 1.97. The zero-order chi connectivity index (χ0) is 12.3. The minimum absolute atomic E-state index is 0.273. The van der Waals surface area contributed by atoms with Crippen LogP contribution in [-0.4, -0.2) is 32.6 Å². The fourth-order valence-electron chi connectivity index (χ4n) is 2.16. The molecule has 1 fully saturated rings. The standard InChI is InChI=1S/C13H16ClNO2/c1-15(8-12-3-2-6-17-12)13-5-4-11(14)7-10(13)9-16/h4-5,7,9,12H,2-3,6,8H2,1H3. The van der Waals surface area contributed by atoms with Gasteiger partial charge in [0.05, 0.1) is 6.10 Å². The molecule has 92 valence electrons. The first-order chi connectivity index (χ1) is 8.20. The summed E-state index contributed by atoms with van der Waals surface area (Å²) in [5.74, 6) is 0. The fourth-order valence-corrected chi connectivity index (χ4v) is 2.34. The number of likely N-dealkylation sites (N-methyl/N-ethyl adjacent to an activating group) is 1. The first-order valence-corrected chi connectivity index (χ1v) is 6.16. The summed E-state index contributed by atoms with van der Waals surface area (Å²) in [6, 6.07) is 5.37. The molecule has 0 radical (unpaired) electrons. The summed E-state index contributed by atoms with van der Waals surface area (Å²) in [4.78, 5) is 13.1. The fraction of sp³-hybridized carbons (Fsp3) is 0.462. The third-order valence-corrected chi connectivity index (χ3v) is 3.26. The monoisotopic (exact) mass is 253 g/mol. The quantitative estimate of drug-likeness (QED) is 0.773. The number of carbonyl (C=O) groups is 1. The van der Waals surface area contributed by atoms with Gasteiger partial charge in [0.25, 0.3) is 0 Å². The van der Waals surface area contributed by atoms with Crippen molar-refractivity contribution < 1.29 is 9.53 Å². The van der Waals surface area contributed by atoms with Crippen molar-refractivity contribution >= 4 is 23.6 Å². The van der Waals surface area contributed by atoms with Crippen molar-refractivity contribution in [2.75, 3.05) is 25.1 Å². The van der Waals surface area contributed by atoms with Crippen LogP contribution in [0.3, 0.4) is 0 Å². The normalized spacial score (nSPS) is 19.3. The maximum absolute atomic E-state index is 11.0. The molecule has 0 saturated carbocycles. The van der Waals surface area contributed by atoms with Gasteiger partial charge in [-0.25, -0.2) is 0 Å². The molecule has 4 heteroatoms. The molecule has 2 rings (SSSR count). The molecular weight excluding hydrogens is 238 g/mol. The summed E-state index contributed by atoms with van der Waals surface area (Å²) >= 11 is 5.87. The highest BCUT2D eigenvalue weighted by Gasteiger charge is 2.18. The molecule has 0 aromatic heterocycles. The van der Waals surface area contributed by atoms with Crippen LogP contribution in [0, 0.1) is 0 Å². The molecule has 1 aromatic carbocycles. The maximum atomic E-state index is 11.0. The van der Waals surface area contributed by atoms with Gasteiger partial charge in [-0.3, -0.25) is 4.79 Å². The summed E-state index contributed by atoms with van der Waals surface area (Å²) in [6.45, 7) is 1.65. The highest BCUT2D eigenvalue weighted by atomic mass is 35.5. The van der Waals surface area contributed by atoms with E-state index < -0.39 is 0 Å². The van der Waals surface area contributed by atoms with Gasteiger partial charge in [0, 0.05) is 36.5 Å². The first-order valence-electron chi connectivity index (χ1n) is 5.78. The van der Waals surface area contributed by atoms with Gasteiger partial charge < -0.3 is 9.64 Å². The molecule has 0 amide bonds. The molecule has 1 saturated heterocycles. The van der Waals surface area contributed by atoms with E-state index in [1.807, 2.05) is 13.1 Å². The van der Waals surface area contributed by atoms with Crippen LogP contribution in [0.5, 0.6) is 0 Å². The average Bonchev–Trinajstić information content (AvgIpc) is 2.81. The molecule has 1 unspecified atom stereocenters. The Morgan fingerprint density at radius 2 is 2.41 bits per heavy atom. The molecule has 0 aliphatic carbocycles. The minimum Gasteiger partial charge on any atom is -0.376 e. The molecular formula is C13H16ClNO2. The van der Waals surface area contributed by atoms with E-state index in [0.717, 1.165) is 38.0 Å². The van der Waals surface area contributed by atoms with Crippen LogP contribution < -0.4 is 4.90 Å². The number of hydrogen-bond donors (Lipinski definition) is 0. The number of ether oxygens (including phenoxy) is 1. The molecule has 1 atom stereocenters. The lowest BCUT2D eigenvalue weighted by Gasteiger charge is -2.24. The SMILES string of the molecule is CN(CC1CCCO1)c1ccc(Cl)cc1C=O. The van der Waals surface area contributed by atoms with E-state index >= 15 is 0 Å². The largest absolute Gasteiger partial charge is 0.376 e. The van der Waals surface area contributed by atoms with Crippen molar-refractivity contribution in [1.29, 1.82) is 0 Å². The number of halogens is 1. The third kappa shape index (κ3) is 2.99. The lowest BCUT2D eigenvalue weighted by molar-refractivity contribution is 0.111. The number of rotatable bonds is 4. The molecule has 3 nitrogen and oxygen atoms in total. The number of hydrogen-bond acceptors (Lipinski definition) is 3. The van der Waals surface area contributed by atoms with E-state index in [0.29, 0.717) is 10.6 Å². The van der Waals surface area contributed by atoms with Crippen molar-refractivity contribution in [3.8, 4) is 0 Å². The van der Waals surface area contributed by atoms with Crippen LogP contribution in [0.4, 0.5) is 5.69 Å². The van der Waals surface area contributed by atoms with Gasteiger partial charge >= 0.3 is 0 Å².